The van der Waals surface area contributed by atoms with Crippen molar-refractivity contribution in [1.82, 2.24) is 9.88 Å². The van der Waals surface area contributed by atoms with Gasteiger partial charge in [-0.15, -0.1) is 11.3 Å². The lowest BCUT2D eigenvalue weighted by atomic mass is 10.2. The fourth-order valence-electron chi connectivity index (χ4n) is 4.73. The fourth-order valence-corrected chi connectivity index (χ4v) is 5.80. The molecule has 40 heavy (non-hydrogen) atoms. The number of hydrogen-bond donors (Lipinski definition) is 0. The van der Waals surface area contributed by atoms with E-state index in [1.807, 2.05) is 37.3 Å². The zero-order chi connectivity index (χ0) is 27.6. The van der Waals surface area contributed by atoms with Crippen LogP contribution in [0.4, 0.5) is 5.69 Å². The zero-order valence-electron chi connectivity index (χ0n) is 21.7. The number of para-hydroxylation sites is 1. The third kappa shape index (κ3) is 5.11. The summed E-state index contributed by atoms with van der Waals surface area (Å²) in [5, 5.41) is 0.859. The van der Waals surface area contributed by atoms with Gasteiger partial charge in [0, 0.05) is 5.56 Å². The third-order valence-electron chi connectivity index (χ3n) is 6.75. The van der Waals surface area contributed by atoms with Crippen LogP contribution in [-0.4, -0.2) is 40.3 Å². The number of imide groups is 1. The van der Waals surface area contributed by atoms with E-state index in [9.17, 15) is 14.4 Å². The average molecular weight is 552 g/mol. The van der Waals surface area contributed by atoms with E-state index in [4.69, 9.17) is 14.1 Å². The summed E-state index contributed by atoms with van der Waals surface area (Å²) in [6.45, 7) is 1.81. The molecule has 6 rings (SSSR count). The summed E-state index contributed by atoms with van der Waals surface area (Å²) in [7, 11) is 0. The van der Waals surface area contributed by atoms with Gasteiger partial charge in [0.05, 0.1) is 35.1 Å². The Hall–Kier alpha value is -4.76. The van der Waals surface area contributed by atoms with E-state index in [1.165, 1.54) is 16.7 Å². The van der Waals surface area contributed by atoms with E-state index in [0.29, 0.717) is 17.2 Å². The number of furan rings is 1. The Kier molecular flexibility index (Phi) is 6.88. The Balaban J connectivity index is 1.22. The van der Waals surface area contributed by atoms with E-state index >= 15 is 0 Å². The number of ether oxygens (including phenoxy) is 1. The standard InChI is InChI=1S/C31H25N3O5S/c1-20-9-14-25-27(16-20)40-30(32-25)21-10-12-22(13-11-21)34-28(35)17-26(31(34)37)33(18-24-8-5-15-38-24)29(36)19-39-23-6-3-2-4-7-23/h2-16,26H,17-19H2,1H3. The predicted octanol–water partition coefficient (Wildman–Crippen LogP) is 5.60. The highest BCUT2D eigenvalue weighted by molar-refractivity contribution is 7.21. The van der Waals surface area contributed by atoms with Crippen LogP contribution in [0.1, 0.15) is 17.7 Å². The first kappa shape index (κ1) is 25.5. The van der Waals surface area contributed by atoms with Crippen LogP contribution in [0.3, 0.4) is 0 Å². The molecule has 0 radical (unpaired) electrons. The molecule has 0 spiro atoms. The Bertz CT molecular complexity index is 1680. The van der Waals surface area contributed by atoms with E-state index < -0.39 is 17.9 Å². The molecule has 3 aromatic carbocycles. The predicted molar refractivity (Wildman–Crippen MR) is 152 cm³/mol. The summed E-state index contributed by atoms with van der Waals surface area (Å²) in [6, 6.07) is 24.7. The number of thiazole rings is 1. The molecule has 1 fully saturated rings. The third-order valence-corrected chi connectivity index (χ3v) is 7.81. The molecule has 1 saturated heterocycles. The van der Waals surface area contributed by atoms with E-state index in [2.05, 4.69) is 6.07 Å². The van der Waals surface area contributed by atoms with E-state index in [-0.39, 0.29) is 25.5 Å². The topological polar surface area (TPSA) is 93.0 Å². The number of hydrogen-bond acceptors (Lipinski definition) is 7. The number of amides is 3. The second-order valence-corrected chi connectivity index (χ2v) is 10.6. The molecule has 0 bridgehead atoms. The van der Waals surface area contributed by atoms with Crippen molar-refractivity contribution in [1.29, 1.82) is 0 Å². The van der Waals surface area contributed by atoms with Gasteiger partial charge in [-0.1, -0.05) is 24.3 Å². The van der Waals surface area contributed by atoms with Gasteiger partial charge in [-0.25, -0.2) is 9.88 Å². The largest absolute Gasteiger partial charge is 0.484 e. The van der Waals surface area contributed by atoms with Crippen molar-refractivity contribution >= 4 is 45.0 Å². The highest BCUT2D eigenvalue weighted by Crippen LogP contribution is 2.33. The molecule has 0 saturated carbocycles. The molecule has 1 atom stereocenters. The number of rotatable bonds is 8. The summed E-state index contributed by atoms with van der Waals surface area (Å²) >= 11 is 1.59. The zero-order valence-corrected chi connectivity index (χ0v) is 22.5. The minimum absolute atomic E-state index is 0.0392. The maximum Gasteiger partial charge on any atom is 0.261 e. The number of aryl methyl sites for hydroxylation is 1. The molecule has 2 aromatic heterocycles. The first-order chi connectivity index (χ1) is 19.5. The average Bonchev–Trinajstić information content (AvgIpc) is 3.70. The lowest BCUT2D eigenvalue weighted by molar-refractivity contribution is -0.141. The highest BCUT2D eigenvalue weighted by Gasteiger charge is 2.44. The minimum atomic E-state index is -0.975. The van der Waals surface area contributed by atoms with Crippen molar-refractivity contribution in [2.45, 2.75) is 25.9 Å². The molecule has 200 valence electrons. The molecule has 0 aliphatic carbocycles. The van der Waals surface area contributed by atoms with Crippen molar-refractivity contribution in [2.75, 3.05) is 11.5 Å². The normalized spacial score (nSPS) is 15.1. The highest BCUT2D eigenvalue weighted by atomic mass is 32.1. The lowest BCUT2D eigenvalue weighted by Gasteiger charge is -2.27. The van der Waals surface area contributed by atoms with E-state index in [0.717, 1.165) is 25.7 Å². The number of fused-ring (bicyclic) bond motifs is 1. The Labute approximate surface area is 234 Å². The molecular weight excluding hydrogens is 526 g/mol. The van der Waals surface area contributed by atoms with Crippen molar-refractivity contribution in [2.24, 2.45) is 0 Å². The molecule has 3 amide bonds. The van der Waals surface area contributed by atoms with Crippen LogP contribution in [0.15, 0.2) is 95.6 Å². The SMILES string of the molecule is Cc1ccc2nc(-c3ccc(N4C(=O)CC(N(Cc5ccco5)C(=O)COc5ccccc5)C4=O)cc3)sc2c1. The molecule has 9 heteroatoms. The van der Waals surface area contributed by atoms with Gasteiger partial charge in [0.2, 0.25) is 5.91 Å². The fraction of sp³-hybridized carbons (Fsp3) is 0.161. The summed E-state index contributed by atoms with van der Waals surface area (Å²) in [5.74, 6) is -0.225. The van der Waals surface area contributed by atoms with Crippen molar-refractivity contribution in [3.05, 3.63) is 103 Å². The quantitative estimate of drug-likeness (QED) is 0.233. The Morgan fingerprint density at radius 3 is 2.60 bits per heavy atom. The number of benzene rings is 3. The Morgan fingerprint density at radius 1 is 1.05 bits per heavy atom. The van der Waals surface area contributed by atoms with Gasteiger partial charge in [-0.2, -0.15) is 0 Å². The van der Waals surface area contributed by atoms with Gasteiger partial charge >= 0.3 is 0 Å². The van der Waals surface area contributed by atoms with Crippen molar-refractivity contribution in [3.63, 3.8) is 0 Å². The molecule has 3 heterocycles. The van der Waals surface area contributed by atoms with Crippen LogP contribution in [0, 0.1) is 6.92 Å². The summed E-state index contributed by atoms with van der Waals surface area (Å²) in [5.41, 5.74) is 3.44. The van der Waals surface area contributed by atoms with Crippen molar-refractivity contribution < 1.29 is 23.5 Å². The molecule has 1 aliphatic heterocycles. The minimum Gasteiger partial charge on any atom is -0.484 e. The van der Waals surface area contributed by atoms with Crippen LogP contribution in [0.25, 0.3) is 20.8 Å². The monoisotopic (exact) mass is 551 g/mol. The first-order valence-corrected chi connectivity index (χ1v) is 13.6. The molecular formula is C31H25N3O5S. The van der Waals surface area contributed by atoms with Crippen LogP contribution >= 0.6 is 11.3 Å². The summed E-state index contributed by atoms with van der Waals surface area (Å²) < 4.78 is 12.2. The van der Waals surface area contributed by atoms with Crippen molar-refractivity contribution in [3.8, 4) is 16.3 Å². The van der Waals surface area contributed by atoms with Gasteiger partial charge in [0.1, 0.15) is 22.6 Å². The number of anilines is 1. The molecule has 0 N–H and O–H groups in total. The lowest BCUT2D eigenvalue weighted by Crippen LogP contribution is -2.46. The smallest absolute Gasteiger partial charge is 0.261 e. The van der Waals surface area contributed by atoms with Gasteiger partial charge in [-0.05, 0) is 73.2 Å². The molecule has 8 nitrogen and oxygen atoms in total. The van der Waals surface area contributed by atoms with Gasteiger partial charge in [0.15, 0.2) is 6.61 Å². The van der Waals surface area contributed by atoms with E-state index in [1.54, 1.807) is 59.9 Å². The maximum absolute atomic E-state index is 13.6. The van der Waals surface area contributed by atoms with Gasteiger partial charge in [0.25, 0.3) is 11.8 Å². The van der Waals surface area contributed by atoms with Crippen LogP contribution in [-0.2, 0) is 20.9 Å². The molecule has 5 aromatic rings. The summed E-state index contributed by atoms with van der Waals surface area (Å²) in [4.78, 5) is 47.2. The number of carbonyl (C=O) groups excluding carboxylic acids is 3. The maximum atomic E-state index is 13.6. The Morgan fingerprint density at radius 2 is 1.85 bits per heavy atom. The second kappa shape index (κ2) is 10.8. The molecule has 1 unspecified atom stereocenters. The van der Waals surface area contributed by atoms with Crippen LogP contribution in [0.5, 0.6) is 5.75 Å². The number of carbonyl (C=O) groups is 3. The van der Waals surface area contributed by atoms with Crippen LogP contribution in [0.2, 0.25) is 0 Å². The molecule has 1 aliphatic rings. The number of nitrogens with zero attached hydrogens (tertiary/aromatic N) is 3. The number of aromatic nitrogens is 1. The van der Waals surface area contributed by atoms with Crippen LogP contribution < -0.4 is 9.64 Å². The van der Waals surface area contributed by atoms with Gasteiger partial charge in [-0.3, -0.25) is 14.4 Å². The van der Waals surface area contributed by atoms with Gasteiger partial charge < -0.3 is 14.1 Å². The first-order valence-electron chi connectivity index (χ1n) is 12.8. The summed E-state index contributed by atoms with van der Waals surface area (Å²) in [6.07, 6.45) is 1.37. The second-order valence-electron chi connectivity index (χ2n) is 9.53.